The van der Waals surface area contributed by atoms with Gasteiger partial charge in [-0.15, -0.1) is 0 Å². The average molecular weight is 138 g/mol. The Kier molecular flexibility index (Phi) is 7.32. The van der Waals surface area contributed by atoms with Crippen LogP contribution >= 0.6 is 0 Å². The fraction of sp³-hybridized carbons (Fsp3) is 0.857. The van der Waals surface area contributed by atoms with Crippen molar-refractivity contribution in [2.45, 2.75) is 27.7 Å². The van der Waals surface area contributed by atoms with Gasteiger partial charge >= 0.3 is 0 Å². The Bertz CT molecular complexity index is 84.5. The van der Waals surface area contributed by atoms with Gasteiger partial charge in [0.25, 0.3) is 0 Å². The molecule has 0 rings (SSSR count). The van der Waals surface area contributed by atoms with Crippen LogP contribution in [0.25, 0.3) is 0 Å². The van der Waals surface area contributed by atoms with Crippen LogP contribution in [-0.4, -0.2) is 17.5 Å². The molecule has 0 amide bonds. The Morgan fingerprint density at radius 2 is 2.11 bits per heavy atom. The van der Waals surface area contributed by atoms with Crippen LogP contribution in [-0.2, 0) is 4.79 Å². The van der Waals surface area contributed by atoms with E-state index in [1.54, 1.807) is 0 Å². The standard InChI is InChI=1S/C6H12O2.CH4.2H2/c1-5(2)6(8)3-4-7;;;/h5,7H,3-4H2,1-2H3;1H4;2*1H/i;;2*1+1. The molecule has 0 atom stereocenters. The summed E-state index contributed by atoms with van der Waals surface area (Å²) in [5.74, 6) is 0.203. The van der Waals surface area contributed by atoms with E-state index in [1.807, 2.05) is 13.8 Å². The van der Waals surface area contributed by atoms with Crippen molar-refractivity contribution in [3.8, 4) is 0 Å². The molecule has 2 heteroatoms. The van der Waals surface area contributed by atoms with Gasteiger partial charge in [-0.25, -0.2) is 0 Å². The van der Waals surface area contributed by atoms with Gasteiger partial charge in [-0.1, -0.05) is 21.3 Å². The normalized spacial score (nSPS) is 8.89. The third kappa shape index (κ3) is 5.50. The molecule has 2 nitrogen and oxygen atoms in total. The second-order valence-electron chi connectivity index (χ2n) is 2.09. The van der Waals surface area contributed by atoms with Gasteiger partial charge in [0.2, 0.25) is 0 Å². The second kappa shape index (κ2) is 5.76. The van der Waals surface area contributed by atoms with Crippen LogP contribution in [0.5, 0.6) is 0 Å². The molecular weight excluding hydrogens is 116 g/mol. The third-order valence-corrected chi connectivity index (χ3v) is 1.00. The first-order valence-electron chi connectivity index (χ1n) is 2.82. The largest absolute Gasteiger partial charge is 0.396 e. The van der Waals surface area contributed by atoms with Crippen LogP contribution in [0.1, 0.15) is 30.5 Å². The Labute approximate surface area is 59.9 Å². The molecule has 0 aromatic carbocycles. The van der Waals surface area contributed by atoms with Crippen molar-refractivity contribution in [2.75, 3.05) is 6.61 Å². The molecule has 0 radical (unpaired) electrons. The summed E-state index contributed by atoms with van der Waals surface area (Å²) in [7, 11) is 0. The third-order valence-electron chi connectivity index (χ3n) is 1.00. The van der Waals surface area contributed by atoms with Gasteiger partial charge in [0.1, 0.15) is 5.78 Å². The quantitative estimate of drug-likeness (QED) is 0.644. The first-order valence-corrected chi connectivity index (χ1v) is 2.82. The lowest BCUT2D eigenvalue weighted by molar-refractivity contribution is -0.122. The van der Waals surface area contributed by atoms with Gasteiger partial charge in [0.05, 0.1) is 0 Å². The maximum atomic E-state index is 10.6. The summed E-state index contributed by atoms with van der Waals surface area (Å²) in [6, 6.07) is 0. The van der Waals surface area contributed by atoms with Crippen molar-refractivity contribution < 1.29 is 12.8 Å². The van der Waals surface area contributed by atoms with Crippen molar-refractivity contribution in [1.29, 1.82) is 0 Å². The van der Waals surface area contributed by atoms with E-state index in [-0.39, 0.29) is 28.6 Å². The smallest absolute Gasteiger partial charge is 0.137 e. The summed E-state index contributed by atoms with van der Waals surface area (Å²) in [6.07, 6.45) is 0.303. The molecule has 9 heavy (non-hydrogen) atoms. The van der Waals surface area contributed by atoms with Crippen molar-refractivity contribution in [2.24, 2.45) is 5.92 Å². The molecule has 0 aliphatic heterocycles. The highest BCUT2D eigenvalue weighted by Crippen LogP contribution is 1.96. The van der Waals surface area contributed by atoms with E-state index >= 15 is 0 Å². The molecule has 0 unspecified atom stereocenters. The van der Waals surface area contributed by atoms with Gasteiger partial charge in [-0.05, 0) is 0 Å². The molecule has 0 aromatic heterocycles. The number of carbonyl (C=O) groups is 1. The summed E-state index contributed by atoms with van der Waals surface area (Å²) >= 11 is 0. The molecule has 1 N–H and O–H groups in total. The number of Topliss-reactive ketones (excluding diaryl/α,β-unsaturated/α-hetero) is 1. The van der Waals surface area contributed by atoms with Crippen molar-refractivity contribution in [1.82, 2.24) is 0 Å². The maximum absolute atomic E-state index is 10.6. The molecule has 0 aliphatic rings. The lowest BCUT2D eigenvalue weighted by atomic mass is 10.1. The predicted molar refractivity (Wildman–Crippen MR) is 42.5 cm³/mol. The predicted octanol–water partition coefficient (Wildman–Crippen LogP) is 1.72. The van der Waals surface area contributed by atoms with E-state index in [4.69, 9.17) is 5.11 Å². The molecule has 0 saturated carbocycles. The average Bonchev–Trinajstić information content (AvgIpc) is 1.67. The fourth-order valence-electron chi connectivity index (χ4n) is 0.399. The Hall–Kier alpha value is -0.370. The first kappa shape index (κ1) is 11.4. The molecule has 60 valence electrons. The van der Waals surface area contributed by atoms with Crippen molar-refractivity contribution >= 4 is 5.78 Å². The summed E-state index contributed by atoms with van der Waals surface area (Å²) in [4.78, 5) is 10.6. The van der Waals surface area contributed by atoms with E-state index in [0.29, 0.717) is 6.42 Å². The van der Waals surface area contributed by atoms with Gasteiger partial charge in [0.15, 0.2) is 0 Å². The monoisotopic (exact) mass is 138 g/mol. The van der Waals surface area contributed by atoms with E-state index in [0.717, 1.165) is 0 Å². The zero-order valence-corrected chi connectivity index (χ0v) is 5.35. The summed E-state index contributed by atoms with van der Waals surface area (Å²) in [5, 5.41) is 8.26. The van der Waals surface area contributed by atoms with Crippen LogP contribution in [0, 0.1) is 5.92 Å². The Morgan fingerprint density at radius 3 is 2.22 bits per heavy atom. The summed E-state index contributed by atoms with van der Waals surface area (Å²) in [5.41, 5.74) is 0. The lowest BCUT2D eigenvalue weighted by Gasteiger charge is -1.98. The van der Waals surface area contributed by atoms with Gasteiger partial charge in [-0.2, -0.15) is 0 Å². The van der Waals surface area contributed by atoms with Crippen LogP contribution in [0.4, 0.5) is 0 Å². The number of hydrogen-bond donors (Lipinski definition) is 1. The fourth-order valence-corrected chi connectivity index (χ4v) is 0.399. The van der Waals surface area contributed by atoms with E-state index in [2.05, 4.69) is 0 Å². The van der Waals surface area contributed by atoms with Crippen molar-refractivity contribution in [3.05, 3.63) is 0 Å². The Morgan fingerprint density at radius 1 is 1.67 bits per heavy atom. The topological polar surface area (TPSA) is 37.3 Å². The van der Waals surface area contributed by atoms with Crippen LogP contribution in [0.3, 0.4) is 0 Å². The number of rotatable bonds is 3. The molecular formula is C7H20O2. The lowest BCUT2D eigenvalue weighted by Crippen LogP contribution is -2.07. The number of carbonyl (C=O) groups excluding carboxylic acids is 1. The molecule has 0 bridgehead atoms. The van der Waals surface area contributed by atoms with Crippen molar-refractivity contribution in [3.63, 3.8) is 0 Å². The highest BCUT2D eigenvalue weighted by molar-refractivity contribution is 5.80. The molecule has 0 spiro atoms. The van der Waals surface area contributed by atoms with Gasteiger partial charge in [-0.3, -0.25) is 4.79 Å². The molecule has 0 aromatic rings. The van der Waals surface area contributed by atoms with Crippen LogP contribution in [0.2, 0.25) is 0 Å². The van der Waals surface area contributed by atoms with Crippen LogP contribution < -0.4 is 0 Å². The first-order chi connectivity index (χ1) is 3.68. The summed E-state index contributed by atoms with van der Waals surface area (Å²) < 4.78 is 0. The molecule has 0 fully saturated rings. The van der Waals surface area contributed by atoms with E-state index in [1.165, 1.54) is 0 Å². The minimum absolute atomic E-state index is 0. The minimum atomic E-state index is -0.0169. The van der Waals surface area contributed by atoms with Crippen LogP contribution in [0.15, 0.2) is 0 Å². The zero-order chi connectivity index (χ0) is 6.57. The minimum Gasteiger partial charge on any atom is -0.396 e. The highest BCUT2D eigenvalue weighted by Gasteiger charge is 2.03. The maximum Gasteiger partial charge on any atom is 0.137 e. The molecule has 0 aliphatic carbocycles. The SMILES string of the molecule is C.CC(C)C(=O)CCO.[2HH].[2HH]. The number of aliphatic hydroxyl groups excluding tert-OH is 1. The van der Waals surface area contributed by atoms with Gasteiger partial charge in [0, 0.05) is 21.8 Å². The number of hydrogen-bond acceptors (Lipinski definition) is 2. The zero-order valence-electron chi connectivity index (χ0n) is 5.35. The summed E-state index contributed by atoms with van der Waals surface area (Å²) in [6.45, 7) is 3.65. The van der Waals surface area contributed by atoms with E-state index in [9.17, 15) is 4.79 Å². The molecule has 0 heterocycles. The Balaban J connectivity index is -0.0000000817. The highest BCUT2D eigenvalue weighted by atomic mass is 16.3. The number of aliphatic hydroxyl groups is 1. The second-order valence-corrected chi connectivity index (χ2v) is 2.09. The number of ketones is 1. The van der Waals surface area contributed by atoms with E-state index < -0.39 is 0 Å². The van der Waals surface area contributed by atoms with Gasteiger partial charge < -0.3 is 5.11 Å². The molecule has 0 saturated heterocycles.